The molecule has 0 amide bonds. The van der Waals surface area contributed by atoms with Crippen LogP contribution in [-0.2, 0) is 0 Å². The fourth-order valence-corrected chi connectivity index (χ4v) is 2.09. The molecule has 0 aliphatic rings. The van der Waals surface area contributed by atoms with Crippen molar-refractivity contribution in [2.24, 2.45) is 5.73 Å². The van der Waals surface area contributed by atoms with Crippen LogP contribution in [0.2, 0.25) is 0 Å². The van der Waals surface area contributed by atoms with Crippen molar-refractivity contribution in [2.45, 2.75) is 13.0 Å². The second-order valence-electron chi connectivity index (χ2n) is 3.01. The molecule has 12 heavy (non-hydrogen) atoms. The highest BCUT2D eigenvalue weighted by Crippen LogP contribution is 2.23. The molecule has 62 valence electrons. The molecule has 0 saturated heterocycles. The molecule has 2 N–H and O–H groups in total. The molecule has 0 saturated carbocycles. The van der Waals surface area contributed by atoms with Crippen LogP contribution in [0, 0.1) is 0 Å². The Morgan fingerprint density at radius 2 is 2.17 bits per heavy atom. The highest BCUT2D eigenvalue weighted by atomic mass is 32.1. The van der Waals surface area contributed by atoms with Gasteiger partial charge in [0.1, 0.15) is 0 Å². The zero-order valence-electron chi connectivity index (χ0n) is 6.95. The van der Waals surface area contributed by atoms with E-state index in [0.29, 0.717) is 0 Å². The molecule has 1 atom stereocenters. The van der Waals surface area contributed by atoms with Crippen molar-refractivity contribution in [3.63, 3.8) is 0 Å². The minimum atomic E-state index is 0.136. The Bertz CT molecular complexity index is 389. The summed E-state index contributed by atoms with van der Waals surface area (Å²) in [7, 11) is 0. The maximum Gasteiger partial charge on any atom is 0.0346 e. The van der Waals surface area contributed by atoms with Crippen LogP contribution in [-0.4, -0.2) is 0 Å². The van der Waals surface area contributed by atoms with Gasteiger partial charge in [-0.2, -0.15) is 0 Å². The van der Waals surface area contributed by atoms with Crippen LogP contribution < -0.4 is 5.73 Å². The van der Waals surface area contributed by atoms with Gasteiger partial charge in [-0.15, -0.1) is 11.3 Å². The average Bonchev–Trinajstić information content (AvgIpc) is 2.49. The molecule has 1 aromatic heterocycles. The third-order valence-electron chi connectivity index (χ3n) is 2.01. The van der Waals surface area contributed by atoms with Crippen molar-refractivity contribution in [1.82, 2.24) is 0 Å². The molecule has 1 aromatic carbocycles. The van der Waals surface area contributed by atoms with Gasteiger partial charge >= 0.3 is 0 Å². The van der Waals surface area contributed by atoms with E-state index >= 15 is 0 Å². The predicted octanol–water partition coefficient (Wildman–Crippen LogP) is 2.92. The lowest BCUT2D eigenvalue weighted by molar-refractivity contribution is 0.820. The Balaban J connectivity index is 2.60. The number of thiophene rings is 1. The van der Waals surface area contributed by atoms with Crippen LogP contribution in [0.5, 0.6) is 0 Å². The van der Waals surface area contributed by atoms with Crippen molar-refractivity contribution >= 4 is 21.4 Å². The van der Waals surface area contributed by atoms with Crippen molar-refractivity contribution in [3.05, 3.63) is 35.2 Å². The number of benzene rings is 1. The van der Waals surface area contributed by atoms with E-state index in [0.717, 1.165) is 0 Å². The van der Waals surface area contributed by atoms with Gasteiger partial charge in [0.2, 0.25) is 0 Å². The van der Waals surface area contributed by atoms with E-state index in [1.54, 1.807) is 11.3 Å². The van der Waals surface area contributed by atoms with Crippen molar-refractivity contribution in [3.8, 4) is 0 Å². The van der Waals surface area contributed by atoms with E-state index in [-0.39, 0.29) is 6.04 Å². The molecule has 0 fully saturated rings. The minimum Gasteiger partial charge on any atom is -0.324 e. The number of nitrogens with two attached hydrogens (primary N) is 1. The van der Waals surface area contributed by atoms with Crippen molar-refractivity contribution in [1.29, 1.82) is 0 Å². The summed E-state index contributed by atoms with van der Waals surface area (Å²) in [5.41, 5.74) is 6.99. The van der Waals surface area contributed by atoms with Crippen LogP contribution >= 0.6 is 11.3 Å². The standard InChI is InChI=1S/C10H11NS/c1-7(11)9-3-2-8-4-5-12-10(8)6-9/h2-7H,11H2,1H3/t7-/m0/s1. The second kappa shape index (κ2) is 2.88. The summed E-state index contributed by atoms with van der Waals surface area (Å²) in [4.78, 5) is 0. The summed E-state index contributed by atoms with van der Waals surface area (Å²) in [5.74, 6) is 0. The number of hydrogen-bond acceptors (Lipinski definition) is 2. The van der Waals surface area contributed by atoms with Gasteiger partial charge in [0, 0.05) is 10.7 Å². The molecule has 0 aliphatic carbocycles. The molecule has 2 rings (SSSR count). The Kier molecular flexibility index (Phi) is 1.87. The van der Waals surface area contributed by atoms with E-state index in [1.165, 1.54) is 15.6 Å². The SMILES string of the molecule is C[C@H](N)c1ccc2ccsc2c1. The number of rotatable bonds is 1. The zero-order chi connectivity index (χ0) is 8.55. The second-order valence-corrected chi connectivity index (χ2v) is 3.95. The molecular formula is C10H11NS. The topological polar surface area (TPSA) is 26.0 Å². The normalized spacial score (nSPS) is 13.5. The van der Waals surface area contributed by atoms with Crippen LogP contribution in [0.3, 0.4) is 0 Å². The van der Waals surface area contributed by atoms with E-state index in [4.69, 9.17) is 5.73 Å². The maximum absolute atomic E-state index is 5.78. The third-order valence-corrected chi connectivity index (χ3v) is 2.89. The summed E-state index contributed by atoms with van der Waals surface area (Å²) >= 11 is 1.76. The summed E-state index contributed by atoms with van der Waals surface area (Å²) in [6.45, 7) is 2.01. The third kappa shape index (κ3) is 1.24. The van der Waals surface area contributed by atoms with E-state index in [2.05, 4.69) is 29.6 Å². The van der Waals surface area contributed by atoms with Gasteiger partial charge in [0.15, 0.2) is 0 Å². The maximum atomic E-state index is 5.78. The largest absolute Gasteiger partial charge is 0.324 e. The van der Waals surface area contributed by atoms with Gasteiger partial charge in [0.05, 0.1) is 0 Å². The average molecular weight is 177 g/mol. The molecule has 2 aromatic rings. The molecule has 1 nitrogen and oxygen atoms in total. The van der Waals surface area contributed by atoms with Crippen molar-refractivity contribution in [2.75, 3.05) is 0 Å². The fraction of sp³-hybridized carbons (Fsp3) is 0.200. The quantitative estimate of drug-likeness (QED) is 0.712. The summed E-state index contributed by atoms with van der Waals surface area (Å²) in [5, 5.41) is 3.42. The number of hydrogen-bond donors (Lipinski definition) is 1. The Morgan fingerprint density at radius 1 is 1.33 bits per heavy atom. The zero-order valence-corrected chi connectivity index (χ0v) is 7.77. The monoisotopic (exact) mass is 177 g/mol. The summed E-state index contributed by atoms with van der Waals surface area (Å²) in [6, 6.07) is 8.66. The molecule has 0 spiro atoms. The van der Waals surface area contributed by atoms with E-state index in [1.807, 2.05) is 6.92 Å². The van der Waals surface area contributed by atoms with Crippen molar-refractivity contribution < 1.29 is 0 Å². The lowest BCUT2D eigenvalue weighted by Gasteiger charge is -2.04. The minimum absolute atomic E-state index is 0.136. The Labute approximate surface area is 75.8 Å². The lowest BCUT2D eigenvalue weighted by Crippen LogP contribution is -2.03. The van der Waals surface area contributed by atoms with Crippen LogP contribution in [0.1, 0.15) is 18.5 Å². The summed E-state index contributed by atoms with van der Waals surface area (Å²) < 4.78 is 1.32. The first-order valence-electron chi connectivity index (χ1n) is 4.00. The van der Waals surface area contributed by atoms with Gasteiger partial charge in [0.25, 0.3) is 0 Å². The van der Waals surface area contributed by atoms with Crippen LogP contribution in [0.25, 0.3) is 10.1 Å². The highest BCUT2D eigenvalue weighted by molar-refractivity contribution is 7.17. The first-order valence-corrected chi connectivity index (χ1v) is 4.88. The molecular weight excluding hydrogens is 166 g/mol. The highest BCUT2D eigenvalue weighted by Gasteiger charge is 2.00. The van der Waals surface area contributed by atoms with Gasteiger partial charge in [-0.3, -0.25) is 0 Å². The smallest absolute Gasteiger partial charge is 0.0346 e. The van der Waals surface area contributed by atoms with E-state index in [9.17, 15) is 0 Å². The molecule has 0 aliphatic heterocycles. The fourth-order valence-electron chi connectivity index (χ4n) is 1.25. The first kappa shape index (κ1) is 7.77. The van der Waals surface area contributed by atoms with Gasteiger partial charge in [-0.25, -0.2) is 0 Å². The predicted molar refractivity (Wildman–Crippen MR) is 54.4 cm³/mol. The molecule has 2 heteroatoms. The lowest BCUT2D eigenvalue weighted by atomic mass is 10.1. The Morgan fingerprint density at radius 3 is 2.92 bits per heavy atom. The van der Waals surface area contributed by atoms with Gasteiger partial charge in [-0.05, 0) is 35.4 Å². The van der Waals surface area contributed by atoms with Gasteiger partial charge < -0.3 is 5.73 Å². The first-order chi connectivity index (χ1) is 5.77. The van der Waals surface area contributed by atoms with Crippen LogP contribution in [0.15, 0.2) is 29.6 Å². The molecule has 1 heterocycles. The van der Waals surface area contributed by atoms with Crippen LogP contribution in [0.4, 0.5) is 0 Å². The Hall–Kier alpha value is -0.860. The molecule has 0 bridgehead atoms. The van der Waals surface area contributed by atoms with E-state index < -0.39 is 0 Å². The molecule has 0 radical (unpaired) electrons. The number of fused-ring (bicyclic) bond motifs is 1. The van der Waals surface area contributed by atoms with Gasteiger partial charge in [-0.1, -0.05) is 12.1 Å². The molecule has 0 unspecified atom stereocenters. The summed E-state index contributed by atoms with van der Waals surface area (Å²) in [6.07, 6.45) is 0.